The van der Waals surface area contributed by atoms with Gasteiger partial charge in [0.2, 0.25) is 5.91 Å². The molecule has 1 N–H and O–H groups in total. The van der Waals surface area contributed by atoms with Gasteiger partial charge in [0.05, 0.1) is 18.0 Å². The highest BCUT2D eigenvalue weighted by Gasteiger charge is 2.29. The average molecular weight is 576 g/mol. The highest BCUT2D eigenvalue weighted by atomic mass is 35.5. The highest BCUT2D eigenvalue weighted by Crippen LogP contribution is 2.29. The summed E-state index contributed by atoms with van der Waals surface area (Å²) in [6, 6.07) is 9.83. The van der Waals surface area contributed by atoms with E-state index in [4.69, 9.17) is 16.3 Å². The molecule has 0 radical (unpaired) electrons. The van der Waals surface area contributed by atoms with Crippen LogP contribution in [0.1, 0.15) is 27.7 Å². The van der Waals surface area contributed by atoms with E-state index in [1.54, 1.807) is 6.07 Å². The summed E-state index contributed by atoms with van der Waals surface area (Å²) < 4.78 is 5.78. The first-order valence-electron chi connectivity index (χ1n) is 13.5. The topological polar surface area (TPSA) is 94.1 Å². The predicted molar refractivity (Wildman–Crippen MR) is 156 cm³/mol. The molecule has 12 heteroatoms. The van der Waals surface area contributed by atoms with Gasteiger partial charge in [0.25, 0.3) is 0 Å². The zero-order valence-corrected chi connectivity index (χ0v) is 24.7. The number of nitrogens with one attached hydrogen (secondary N) is 1. The van der Waals surface area contributed by atoms with E-state index in [2.05, 4.69) is 31.2 Å². The van der Waals surface area contributed by atoms with E-state index >= 15 is 0 Å². The molecule has 0 unspecified atom stereocenters. The lowest BCUT2D eigenvalue weighted by Crippen LogP contribution is -2.57. The first-order chi connectivity index (χ1) is 18.7. The number of hydrogen-bond donors (Lipinski definition) is 1. The van der Waals surface area contributed by atoms with Crippen LogP contribution in [0.25, 0.3) is 0 Å². The summed E-state index contributed by atoms with van der Waals surface area (Å²) in [7, 11) is 0. The standard InChI is InChI=1S/C27H38ClN7O3S/c1-5-38-22-9-7-6-8-21(22)32-10-12-33(13-11-32)25(36)18-39-26-30-23(28)16-24(31-26)34-14-15-35(20(4)17-34)27(37)29-19(2)3/h6-9,16,19-20H,5,10-15,17-18H2,1-4H3,(H,29,37)/t20-/m1/s1. The molecule has 3 amide bonds. The Bertz CT molecular complexity index is 1150. The van der Waals surface area contributed by atoms with Crippen LogP contribution in [0.2, 0.25) is 5.15 Å². The van der Waals surface area contributed by atoms with E-state index in [1.165, 1.54) is 11.8 Å². The third-order valence-electron chi connectivity index (χ3n) is 6.75. The van der Waals surface area contributed by atoms with E-state index in [1.807, 2.05) is 55.7 Å². The van der Waals surface area contributed by atoms with Crippen molar-refractivity contribution in [1.29, 1.82) is 0 Å². The number of rotatable bonds is 8. The normalized spacial score (nSPS) is 17.9. The van der Waals surface area contributed by atoms with Crippen molar-refractivity contribution in [3.63, 3.8) is 0 Å². The van der Waals surface area contributed by atoms with Crippen molar-refractivity contribution in [3.8, 4) is 5.75 Å². The van der Waals surface area contributed by atoms with Crippen LogP contribution in [0.4, 0.5) is 16.3 Å². The van der Waals surface area contributed by atoms with Gasteiger partial charge < -0.3 is 29.7 Å². The summed E-state index contributed by atoms with van der Waals surface area (Å²) in [6.45, 7) is 13.2. The zero-order valence-electron chi connectivity index (χ0n) is 23.1. The largest absolute Gasteiger partial charge is 0.492 e. The fourth-order valence-electron chi connectivity index (χ4n) is 4.82. The monoisotopic (exact) mass is 575 g/mol. The van der Waals surface area contributed by atoms with E-state index < -0.39 is 0 Å². The summed E-state index contributed by atoms with van der Waals surface area (Å²) in [6.07, 6.45) is 0. The van der Waals surface area contributed by atoms with Gasteiger partial charge in [-0.3, -0.25) is 4.79 Å². The smallest absolute Gasteiger partial charge is 0.317 e. The SMILES string of the molecule is CCOc1ccccc1N1CCN(C(=O)CSc2nc(Cl)cc(N3CCN(C(=O)NC(C)C)[C@H](C)C3)n2)CC1. The molecule has 212 valence electrons. The van der Waals surface area contributed by atoms with E-state index in [9.17, 15) is 9.59 Å². The van der Waals surface area contributed by atoms with E-state index in [-0.39, 0.29) is 29.8 Å². The summed E-state index contributed by atoms with van der Waals surface area (Å²) in [4.78, 5) is 42.6. The van der Waals surface area contributed by atoms with Crippen molar-refractivity contribution in [1.82, 2.24) is 25.1 Å². The number of carbonyl (C=O) groups excluding carboxylic acids is 2. The lowest BCUT2D eigenvalue weighted by molar-refractivity contribution is -0.128. The van der Waals surface area contributed by atoms with Gasteiger partial charge in [0.1, 0.15) is 16.7 Å². The second-order valence-corrected chi connectivity index (χ2v) is 11.3. The molecule has 0 spiro atoms. The van der Waals surface area contributed by atoms with Crippen molar-refractivity contribution in [3.05, 3.63) is 35.5 Å². The van der Waals surface area contributed by atoms with Crippen LogP contribution in [0.5, 0.6) is 5.75 Å². The number of ether oxygens (including phenoxy) is 1. The van der Waals surface area contributed by atoms with Gasteiger partial charge >= 0.3 is 6.03 Å². The van der Waals surface area contributed by atoms with Crippen LogP contribution < -0.4 is 19.9 Å². The third kappa shape index (κ3) is 7.60. The quantitative estimate of drug-likeness (QED) is 0.290. The Hall–Kier alpha value is -2.92. The van der Waals surface area contributed by atoms with Crippen LogP contribution in [0.15, 0.2) is 35.5 Å². The molecule has 2 aliphatic rings. The Morgan fingerprint density at radius 2 is 1.82 bits per heavy atom. The molecule has 3 heterocycles. The molecule has 2 fully saturated rings. The van der Waals surface area contributed by atoms with Crippen molar-refractivity contribution >= 4 is 46.8 Å². The number of para-hydroxylation sites is 2. The lowest BCUT2D eigenvalue weighted by atomic mass is 10.2. The van der Waals surface area contributed by atoms with Crippen LogP contribution in [0.3, 0.4) is 0 Å². The Balaban J connectivity index is 1.30. The van der Waals surface area contributed by atoms with Gasteiger partial charge in [0, 0.05) is 64.0 Å². The molecule has 4 rings (SSSR count). The maximum Gasteiger partial charge on any atom is 0.317 e. The van der Waals surface area contributed by atoms with Crippen molar-refractivity contribution in [2.24, 2.45) is 0 Å². The molecule has 0 saturated carbocycles. The number of benzene rings is 1. The highest BCUT2D eigenvalue weighted by molar-refractivity contribution is 7.99. The summed E-state index contributed by atoms with van der Waals surface area (Å²) in [5.74, 6) is 1.89. The number of nitrogens with zero attached hydrogens (tertiary/aromatic N) is 6. The minimum absolute atomic E-state index is 0.0167. The fraction of sp³-hybridized carbons (Fsp3) is 0.556. The molecule has 0 bridgehead atoms. The van der Waals surface area contributed by atoms with Crippen LogP contribution in [-0.4, -0.2) is 102 Å². The molecule has 1 aromatic heterocycles. The number of thioether (sulfide) groups is 1. The molecule has 1 atom stereocenters. The minimum atomic E-state index is -0.0491. The number of aromatic nitrogens is 2. The number of carbonyl (C=O) groups is 2. The molecule has 1 aromatic carbocycles. The number of urea groups is 1. The number of piperazine rings is 2. The Kier molecular flexibility index (Phi) is 10.0. The van der Waals surface area contributed by atoms with Gasteiger partial charge in [0.15, 0.2) is 5.16 Å². The molecule has 0 aliphatic carbocycles. The van der Waals surface area contributed by atoms with E-state index in [0.717, 1.165) is 24.5 Å². The van der Waals surface area contributed by atoms with Gasteiger partial charge in [-0.25, -0.2) is 14.8 Å². The number of hydrogen-bond acceptors (Lipinski definition) is 8. The molecule has 2 aromatic rings. The Labute approximate surface area is 240 Å². The molecule has 2 aliphatic heterocycles. The van der Waals surface area contributed by atoms with Crippen molar-refractivity contribution < 1.29 is 14.3 Å². The molecular formula is C27H38ClN7O3S. The maximum atomic E-state index is 13.0. The van der Waals surface area contributed by atoms with Crippen molar-refractivity contribution in [2.45, 2.75) is 44.9 Å². The van der Waals surface area contributed by atoms with Crippen LogP contribution >= 0.6 is 23.4 Å². The molecular weight excluding hydrogens is 538 g/mol. The number of amides is 3. The van der Waals surface area contributed by atoms with Gasteiger partial charge in [-0.15, -0.1) is 0 Å². The lowest BCUT2D eigenvalue weighted by Gasteiger charge is -2.40. The zero-order chi connectivity index (χ0) is 27.9. The molecule has 10 nitrogen and oxygen atoms in total. The number of halogens is 1. The number of anilines is 2. The van der Waals surface area contributed by atoms with Gasteiger partial charge in [-0.1, -0.05) is 35.5 Å². The predicted octanol–water partition coefficient (Wildman–Crippen LogP) is 3.60. The molecule has 39 heavy (non-hydrogen) atoms. The first kappa shape index (κ1) is 29.1. The maximum absolute atomic E-state index is 13.0. The Morgan fingerprint density at radius 3 is 2.51 bits per heavy atom. The summed E-state index contributed by atoms with van der Waals surface area (Å²) in [5.41, 5.74) is 1.07. The second-order valence-electron chi connectivity index (χ2n) is 9.98. The van der Waals surface area contributed by atoms with E-state index in [0.29, 0.717) is 55.5 Å². The summed E-state index contributed by atoms with van der Waals surface area (Å²) in [5, 5.41) is 3.77. The van der Waals surface area contributed by atoms with Crippen molar-refractivity contribution in [2.75, 3.05) is 68.0 Å². The average Bonchev–Trinajstić information content (AvgIpc) is 2.91. The van der Waals surface area contributed by atoms with Crippen LogP contribution in [0, 0.1) is 0 Å². The molecule has 2 saturated heterocycles. The Morgan fingerprint density at radius 1 is 1.10 bits per heavy atom. The van der Waals surface area contributed by atoms with Gasteiger partial charge in [-0.05, 0) is 39.8 Å². The summed E-state index contributed by atoms with van der Waals surface area (Å²) >= 11 is 7.64. The fourth-order valence-corrected chi connectivity index (χ4v) is 5.80. The van der Waals surface area contributed by atoms with Crippen LogP contribution in [-0.2, 0) is 4.79 Å². The second kappa shape index (κ2) is 13.4. The third-order valence-corrected chi connectivity index (χ3v) is 7.77. The minimum Gasteiger partial charge on any atom is -0.492 e. The van der Waals surface area contributed by atoms with Gasteiger partial charge in [-0.2, -0.15) is 0 Å². The first-order valence-corrected chi connectivity index (χ1v) is 14.9.